The van der Waals surface area contributed by atoms with Crippen molar-refractivity contribution < 1.29 is 18.8 Å². The summed E-state index contributed by atoms with van der Waals surface area (Å²) in [5.74, 6) is -2.31. The number of likely N-dealkylation sites (tertiary alicyclic amines) is 1. The highest BCUT2D eigenvalue weighted by Gasteiger charge is 2.23. The Bertz CT molecular complexity index is 1280. The normalized spacial score (nSPS) is 13.5. The SMILES string of the molecule is Cl.NC(=O)c1ncn(-c2ccc(NC(=O)c3ccc(F)cc3Cl)cc2)c1C(=O)NCCN1CCCCC1. The number of amides is 3. The number of nitrogens with one attached hydrogen (secondary N) is 2. The number of carbonyl (C=O) groups is 3. The van der Waals surface area contributed by atoms with Crippen LogP contribution in [0.4, 0.5) is 10.1 Å². The van der Waals surface area contributed by atoms with Crippen molar-refractivity contribution >= 4 is 47.4 Å². The van der Waals surface area contributed by atoms with E-state index in [1.54, 1.807) is 24.3 Å². The third-order valence-electron chi connectivity index (χ3n) is 5.96. The van der Waals surface area contributed by atoms with Gasteiger partial charge >= 0.3 is 0 Å². The summed E-state index contributed by atoms with van der Waals surface area (Å²) in [5, 5.41) is 5.54. The lowest BCUT2D eigenvalue weighted by molar-refractivity contribution is 0.0923. The smallest absolute Gasteiger partial charge is 0.270 e. The zero-order valence-corrected chi connectivity index (χ0v) is 21.4. The number of nitrogens with two attached hydrogens (primary N) is 1. The molecule has 9 nitrogen and oxygen atoms in total. The van der Waals surface area contributed by atoms with E-state index in [0.717, 1.165) is 44.6 Å². The second-order valence-electron chi connectivity index (χ2n) is 8.46. The van der Waals surface area contributed by atoms with Gasteiger partial charge in [-0.1, -0.05) is 18.0 Å². The van der Waals surface area contributed by atoms with Crippen LogP contribution in [0.15, 0.2) is 48.8 Å². The van der Waals surface area contributed by atoms with Gasteiger partial charge in [-0.3, -0.25) is 19.0 Å². The van der Waals surface area contributed by atoms with Crippen molar-refractivity contribution in [3.8, 4) is 5.69 Å². The first-order valence-electron chi connectivity index (χ1n) is 11.6. The van der Waals surface area contributed by atoms with Crippen molar-refractivity contribution in [3.63, 3.8) is 0 Å². The molecule has 12 heteroatoms. The maximum absolute atomic E-state index is 13.3. The number of rotatable bonds is 8. The number of hydrogen-bond acceptors (Lipinski definition) is 5. The molecule has 3 aromatic rings. The third-order valence-corrected chi connectivity index (χ3v) is 6.27. The summed E-state index contributed by atoms with van der Waals surface area (Å²) < 4.78 is 14.7. The van der Waals surface area contributed by atoms with Crippen LogP contribution in [0.2, 0.25) is 5.02 Å². The van der Waals surface area contributed by atoms with E-state index in [9.17, 15) is 18.8 Å². The van der Waals surface area contributed by atoms with Crippen molar-refractivity contribution in [1.82, 2.24) is 19.8 Å². The van der Waals surface area contributed by atoms with E-state index in [1.807, 2.05) is 0 Å². The van der Waals surface area contributed by atoms with Crippen LogP contribution in [0.1, 0.15) is 50.6 Å². The molecule has 1 aliphatic heterocycles. The molecular formula is C25H27Cl2FN6O3. The summed E-state index contributed by atoms with van der Waals surface area (Å²) in [5.41, 5.74) is 6.49. The van der Waals surface area contributed by atoms with E-state index in [1.165, 1.54) is 23.4 Å². The number of aromatic nitrogens is 2. The van der Waals surface area contributed by atoms with Crippen LogP contribution in [0.3, 0.4) is 0 Å². The van der Waals surface area contributed by atoms with Crippen LogP contribution in [-0.4, -0.2) is 58.4 Å². The standard InChI is InChI=1S/C25H26ClFN6O3.ClH/c26-20-14-16(27)4-9-19(20)24(35)31-17-5-7-18(8-6-17)33-15-30-21(23(28)34)22(33)25(36)29-10-13-32-11-2-1-3-12-32;/h4-9,14-15H,1-3,10-13H2,(H2,28,34)(H,29,36)(H,31,35);1H. The molecule has 4 N–H and O–H groups in total. The van der Waals surface area contributed by atoms with E-state index in [0.29, 0.717) is 17.9 Å². The molecule has 2 heterocycles. The minimum absolute atomic E-state index is 0. The Hall–Kier alpha value is -3.47. The maximum atomic E-state index is 13.3. The Balaban J connectivity index is 0.00000380. The topological polar surface area (TPSA) is 122 Å². The van der Waals surface area contributed by atoms with E-state index in [4.69, 9.17) is 17.3 Å². The molecule has 0 aliphatic carbocycles. The summed E-state index contributed by atoms with van der Waals surface area (Å²) >= 11 is 5.96. The van der Waals surface area contributed by atoms with Crippen molar-refractivity contribution in [2.75, 3.05) is 31.5 Å². The van der Waals surface area contributed by atoms with Crippen molar-refractivity contribution in [1.29, 1.82) is 0 Å². The zero-order valence-electron chi connectivity index (χ0n) is 19.9. The van der Waals surface area contributed by atoms with Gasteiger partial charge in [0, 0.05) is 24.5 Å². The Morgan fingerprint density at radius 2 is 1.73 bits per heavy atom. The van der Waals surface area contributed by atoms with Crippen LogP contribution in [-0.2, 0) is 0 Å². The molecule has 2 aromatic carbocycles. The molecule has 1 fully saturated rings. The highest BCUT2D eigenvalue weighted by Crippen LogP contribution is 2.21. The van der Waals surface area contributed by atoms with Crippen molar-refractivity contribution in [3.05, 3.63) is 76.6 Å². The molecule has 1 aromatic heterocycles. The molecular weight excluding hydrogens is 522 g/mol. The van der Waals surface area contributed by atoms with Gasteiger partial charge in [-0.2, -0.15) is 0 Å². The van der Waals surface area contributed by atoms with Crippen LogP contribution < -0.4 is 16.4 Å². The monoisotopic (exact) mass is 548 g/mol. The lowest BCUT2D eigenvalue weighted by Crippen LogP contribution is -2.38. The molecule has 1 aliphatic rings. The zero-order chi connectivity index (χ0) is 25.7. The predicted molar refractivity (Wildman–Crippen MR) is 141 cm³/mol. The molecule has 0 bridgehead atoms. The van der Waals surface area contributed by atoms with Crippen LogP contribution in [0.25, 0.3) is 5.69 Å². The number of benzene rings is 2. The highest BCUT2D eigenvalue weighted by atomic mass is 35.5. The summed E-state index contributed by atoms with van der Waals surface area (Å²) in [6.07, 6.45) is 4.89. The summed E-state index contributed by atoms with van der Waals surface area (Å²) in [6, 6.07) is 10.1. The predicted octanol–water partition coefficient (Wildman–Crippen LogP) is 3.65. The first kappa shape index (κ1) is 28.1. The third kappa shape index (κ3) is 6.85. The number of piperidine rings is 1. The molecule has 0 saturated carbocycles. The van der Waals surface area contributed by atoms with Crippen molar-refractivity contribution in [2.45, 2.75) is 19.3 Å². The molecule has 0 unspecified atom stereocenters. The average Bonchev–Trinajstić information content (AvgIpc) is 3.31. The van der Waals surface area contributed by atoms with Gasteiger partial charge in [-0.05, 0) is 68.4 Å². The maximum Gasteiger partial charge on any atom is 0.270 e. The second kappa shape index (κ2) is 12.7. The number of hydrogen-bond donors (Lipinski definition) is 3. The average molecular weight is 549 g/mol. The van der Waals surface area contributed by atoms with E-state index in [-0.39, 0.29) is 34.4 Å². The number of primary amides is 1. The summed E-state index contributed by atoms with van der Waals surface area (Å²) in [6.45, 7) is 3.17. The number of anilines is 1. The Labute approximate surface area is 224 Å². The fraction of sp³-hybridized carbons (Fsp3) is 0.280. The van der Waals surface area contributed by atoms with Gasteiger partial charge < -0.3 is 21.3 Å². The number of imidazole rings is 1. The van der Waals surface area contributed by atoms with Crippen LogP contribution >= 0.6 is 24.0 Å². The van der Waals surface area contributed by atoms with Gasteiger partial charge in [0.15, 0.2) is 5.69 Å². The van der Waals surface area contributed by atoms with Gasteiger partial charge in [-0.15, -0.1) is 12.4 Å². The Morgan fingerprint density at radius 3 is 2.38 bits per heavy atom. The molecule has 0 atom stereocenters. The summed E-state index contributed by atoms with van der Waals surface area (Å²) in [4.78, 5) is 43.8. The Kier molecular flexibility index (Phi) is 9.62. The number of carbonyl (C=O) groups excluding carboxylic acids is 3. The van der Waals surface area contributed by atoms with Gasteiger partial charge in [0.2, 0.25) is 0 Å². The van der Waals surface area contributed by atoms with E-state index in [2.05, 4.69) is 20.5 Å². The highest BCUT2D eigenvalue weighted by molar-refractivity contribution is 6.34. The first-order valence-corrected chi connectivity index (χ1v) is 12.0. The summed E-state index contributed by atoms with van der Waals surface area (Å²) in [7, 11) is 0. The van der Waals surface area contributed by atoms with Gasteiger partial charge in [0.1, 0.15) is 17.8 Å². The molecule has 4 rings (SSSR count). The van der Waals surface area contributed by atoms with E-state index < -0.39 is 23.5 Å². The molecule has 1 saturated heterocycles. The minimum Gasteiger partial charge on any atom is -0.364 e. The molecule has 3 amide bonds. The van der Waals surface area contributed by atoms with E-state index >= 15 is 0 Å². The van der Waals surface area contributed by atoms with Gasteiger partial charge in [-0.25, -0.2) is 9.37 Å². The molecule has 0 radical (unpaired) electrons. The fourth-order valence-electron chi connectivity index (χ4n) is 4.11. The molecule has 0 spiro atoms. The molecule has 37 heavy (non-hydrogen) atoms. The fourth-order valence-corrected chi connectivity index (χ4v) is 4.37. The lowest BCUT2D eigenvalue weighted by Gasteiger charge is -2.26. The largest absolute Gasteiger partial charge is 0.364 e. The lowest BCUT2D eigenvalue weighted by atomic mass is 10.1. The number of nitrogens with zero attached hydrogens (tertiary/aromatic N) is 3. The second-order valence-corrected chi connectivity index (χ2v) is 8.87. The molecule has 196 valence electrons. The quantitative estimate of drug-likeness (QED) is 0.396. The Morgan fingerprint density at radius 1 is 1.03 bits per heavy atom. The van der Waals surface area contributed by atoms with Gasteiger partial charge in [0.05, 0.1) is 10.6 Å². The van der Waals surface area contributed by atoms with Gasteiger partial charge in [0.25, 0.3) is 17.7 Å². The van der Waals surface area contributed by atoms with Crippen LogP contribution in [0.5, 0.6) is 0 Å². The van der Waals surface area contributed by atoms with Crippen molar-refractivity contribution in [2.24, 2.45) is 5.73 Å². The number of halogens is 3. The first-order chi connectivity index (χ1) is 17.3. The van der Waals surface area contributed by atoms with Crippen LogP contribution in [0, 0.1) is 5.82 Å². The minimum atomic E-state index is -0.810.